The molecule has 6 heteroatoms. The minimum Gasteiger partial charge on any atom is -0.497 e. The van der Waals surface area contributed by atoms with Crippen molar-refractivity contribution in [2.24, 2.45) is 0 Å². The van der Waals surface area contributed by atoms with E-state index >= 15 is 0 Å². The van der Waals surface area contributed by atoms with Crippen LogP contribution in [0.4, 0.5) is 0 Å². The molecule has 1 atom stereocenters. The van der Waals surface area contributed by atoms with Crippen molar-refractivity contribution in [3.8, 4) is 23.0 Å². The predicted octanol–water partition coefficient (Wildman–Crippen LogP) is 4.52. The van der Waals surface area contributed by atoms with E-state index in [4.69, 9.17) is 18.9 Å². The van der Waals surface area contributed by atoms with Crippen LogP contribution in [0.25, 0.3) is 0 Å². The lowest BCUT2D eigenvalue weighted by atomic mass is 9.98. The van der Waals surface area contributed by atoms with Crippen molar-refractivity contribution >= 4 is 5.91 Å². The normalized spacial score (nSPS) is 15.7. The molecule has 2 aromatic carbocycles. The number of likely N-dealkylation sites (tertiary alicyclic amines) is 1. The fraction of sp³-hybridized carbons (Fsp3) is 0.458. The number of hydrogen-bond acceptors (Lipinski definition) is 5. The molecule has 1 aliphatic heterocycles. The number of benzene rings is 2. The van der Waals surface area contributed by atoms with Crippen LogP contribution < -0.4 is 18.9 Å². The van der Waals surface area contributed by atoms with E-state index in [1.807, 2.05) is 37.8 Å². The molecule has 6 nitrogen and oxygen atoms in total. The highest BCUT2D eigenvalue weighted by Crippen LogP contribution is 2.40. The summed E-state index contributed by atoms with van der Waals surface area (Å²) < 4.78 is 22.5. The van der Waals surface area contributed by atoms with Gasteiger partial charge in [0.2, 0.25) is 5.75 Å². The summed E-state index contributed by atoms with van der Waals surface area (Å²) in [6.45, 7) is 8.58. The molecule has 0 saturated carbocycles. The molecule has 1 aliphatic rings. The number of ether oxygens (including phenoxy) is 4. The highest BCUT2D eigenvalue weighted by atomic mass is 16.5. The third-order valence-electron chi connectivity index (χ3n) is 5.22. The number of rotatable bonds is 9. The Morgan fingerprint density at radius 3 is 2.10 bits per heavy atom. The molecule has 0 radical (unpaired) electrons. The Kier molecular flexibility index (Phi) is 7.44. The van der Waals surface area contributed by atoms with Gasteiger partial charge in [0.25, 0.3) is 5.91 Å². The highest BCUT2D eigenvalue weighted by Gasteiger charge is 2.29. The minimum absolute atomic E-state index is 0.0176. The van der Waals surface area contributed by atoms with Gasteiger partial charge in [-0.1, -0.05) is 12.1 Å². The second-order valence-electron chi connectivity index (χ2n) is 7.11. The van der Waals surface area contributed by atoms with E-state index < -0.39 is 0 Å². The average molecular weight is 414 g/mol. The predicted molar refractivity (Wildman–Crippen MR) is 116 cm³/mol. The maximum Gasteiger partial charge on any atom is 0.254 e. The average Bonchev–Trinajstić information content (AvgIpc) is 3.26. The summed E-state index contributed by atoms with van der Waals surface area (Å²) in [6, 6.07) is 11.6. The fourth-order valence-electron chi connectivity index (χ4n) is 3.79. The van der Waals surface area contributed by atoms with Gasteiger partial charge in [-0.3, -0.25) is 4.79 Å². The molecule has 2 aromatic rings. The monoisotopic (exact) mass is 413 g/mol. The first kappa shape index (κ1) is 21.8. The second-order valence-corrected chi connectivity index (χ2v) is 7.11. The quantitative estimate of drug-likeness (QED) is 0.605. The van der Waals surface area contributed by atoms with Gasteiger partial charge in [-0.2, -0.15) is 0 Å². The van der Waals surface area contributed by atoms with Crippen LogP contribution in [0.1, 0.15) is 49.0 Å². The lowest BCUT2D eigenvalue weighted by Gasteiger charge is -2.20. The minimum atomic E-state index is -0.0176. The molecule has 162 valence electrons. The summed E-state index contributed by atoms with van der Waals surface area (Å²) in [6.07, 6.45) is 0.936. The Hall–Kier alpha value is -2.89. The van der Waals surface area contributed by atoms with Gasteiger partial charge in [-0.25, -0.2) is 0 Å². The zero-order valence-corrected chi connectivity index (χ0v) is 18.3. The third-order valence-corrected chi connectivity index (χ3v) is 5.22. The number of methoxy groups -OCH3 is 1. The summed E-state index contributed by atoms with van der Waals surface area (Å²) in [5, 5.41) is 0. The van der Waals surface area contributed by atoms with E-state index in [-0.39, 0.29) is 5.91 Å². The van der Waals surface area contributed by atoms with Crippen molar-refractivity contribution in [3.63, 3.8) is 0 Å². The Morgan fingerprint density at radius 2 is 1.57 bits per heavy atom. The number of carbonyl (C=O) groups excluding carboxylic acids is 1. The van der Waals surface area contributed by atoms with Crippen molar-refractivity contribution in [1.82, 2.24) is 4.90 Å². The van der Waals surface area contributed by atoms with Crippen LogP contribution in [0.5, 0.6) is 23.0 Å². The number of hydrogen-bond donors (Lipinski definition) is 0. The van der Waals surface area contributed by atoms with Crippen LogP contribution in [0, 0.1) is 0 Å². The zero-order valence-electron chi connectivity index (χ0n) is 18.3. The summed E-state index contributed by atoms with van der Waals surface area (Å²) in [5.41, 5.74) is 1.78. The van der Waals surface area contributed by atoms with E-state index in [9.17, 15) is 4.79 Å². The largest absolute Gasteiger partial charge is 0.497 e. The number of carbonyl (C=O) groups is 1. The number of nitrogens with zero attached hydrogens (tertiary/aromatic N) is 1. The SMILES string of the molecule is CCOc1cc(C(=O)N2CCC(c3ccc(OC)cc3)C2)cc(OCC)c1OCC. The van der Waals surface area contributed by atoms with Gasteiger partial charge < -0.3 is 23.8 Å². The van der Waals surface area contributed by atoms with Gasteiger partial charge in [-0.05, 0) is 57.0 Å². The maximum atomic E-state index is 13.3. The molecule has 0 N–H and O–H groups in total. The molecule has 0 aliphatic carbocycles. The van der Waals surface area contributed by atoms with Gasteiger partial charge in [0.15, 0.2) is 11.5 Å². The first-order chi connectivity index (χ1) is 14.6. The van der Waals surface area contributed by atoms with Crippen LogP contribution in [0.3, 0.4) is 0 Å². The van der Waals surface area contributed by atoms with Gasteiger partial charge in [0.05, 0.1) is 26.9 Å². The van der Waals surface area contributed by atoms with Gasteiger partial charge in [0, 0.05) is 24.6 Å². The second kappa shape index (κ2) is 10.2. The van der Waals surface area contributed by atoms with Crippen molar-refractivity contribution in [2.75, 3.05) is 40.0 Å². The van der Waals surface area contributed by atoms with Gasteiger partial charge in [-0.15, -0.1) is 0 Å². The van der Waals surface area contributed by atoms with Crippen LogP contribution in [-0.2, 0) is 0 Å². The van der Waals surface area contributed by atoms with Crippen molar-refractivity contribution in [3.05, 3.63) is 47.5 Å². The highest BCUT2D eigenvalue weighted by molar-refractivity contribution is 5.96. The first-order valence-electron chi connectivity index (χ1n) is 10.6. The molecule has 1 saturated heterocycles. The summed E-state index contributed by atoms with van der Waals surface area (Å²) in [4.78, 5) is 15.2. The molecule has 0 aromatic heterocycles. The van der Waals surface area contributed by atoms with Crippen LogP contribution >= 0.6 is 0 Å². The molecule has 1 fully saturated rings. The van der Waals surface area contributed by atoms with E-state index in [1.165, 1.54) is 5.56 Å². The molecule has 3 rings (SSSR count). The molecular formula is C24H31NO5. The topological polar surface area (TPSA) is 57.2 Å². The zero-order chi connectivity index (χ0) is 21.5. The molecule has 0 bridgehead atoms. The molecule has 30 heavy (non-hydrogen) atoms. The molecule has 1 unspecified atom stereocenters. The van der Waals surface area contributed by atoms with Crippen molar-refractivity contribution in [2.45, 2.75) is 33.1 Å². The Morgan fingerprint density at radius 1 is 0.967 bits per heavy atom. The van der Waals surface area contributed by atoms with E-state index in [0.717, 1.165) is 18.7 Å². The van der Waals surface area contributed by atoms with Crippen molar-refractivity contribution < 1.29 is 23.7 Å². The maximum absolute atomic E-state index is 13.3. The van der Waals surface area contributed by atoms with Crippen LogP contribution in [0.15, 0.2) is 36.4 Å². The van der Waals surface area contributed by atoms with E-state index in [1.54, 1.807) is 19.2 Å². The van der Waals surface area contributed by atoms with Crippen LogP contribution in [-0.4, -0.2) is 50.8 Å². The summed E-state index contributed by atoms with van der Waals surface area (Å²) in [7, 11) is 1.66. The van der Waals surface area contributed by atoms with Crippen molar-refractivity contribution in [1.29, 1.82) is 0 Å². The van der Waals surface area contributed by atoms with Gasteiger partial charge in [0.1, 0.15) is 5.75 Å². The number of amides is 1. The molecule has 1 amide bonds. The Bertz CT molecular complexity index is 822. The van der Waals surface area contributed by atoms with E-state index in [2.05, 4.69) is 12.1 Å². The Balaban J connectivity index is 1.81. The van der Waals surface area contributed by atoms with E-state index in [0.29, 0.717) is 55.1 Å². The lowest BCUT2D eigenvalue weighted by molar-refractivity contribution is 0.0789. The summed E-state index contributed by atoms with van der Waals surface area (Å²) >= 11 is 0. The molecular weight excluding hydrogens is 382 g/mol. The molecule has 1 heterocycles. The first-order valence-corrected chi connectivity index (χ1v) is 10.6. The Labute approximate surface area is 178 Å². The molecule has 0 spiro atoms. The summed E-state index contributed by atoms with van der Waals surface area (Å²) in [5.74, 6) is 2.77. The lowest BCUT2D eigenvalue weighted by Crippen LogP contribution is -2.28. The third kappa shape index (κ3) is 4.81. The van der Waals surface area contributed by atoms with Gasteiger partial charge >= 0.3 is 0 Å². The van der Waals surface area contributed by atoms with Crippen LogP contribution in [0.2, 0.25) is 0 Å². The standard InChI is InChI=1S/C24H31NO5/c1-5-28-21-14-19(15-22(29-6-2)23(21)30-7-3)24(26)25-13-12-18(16-25)17-8-10-20(27-4)11-9-17/h8-11,14-15,18H,5-7,12-13,16H2,1-4H3. The smallest absolute Gasteiger partial charge is 0.254 e. The fourth-order valence-corrected chi connectivity index (χ4v) is 3.79.